The monoisotopic (exact) mass is 288 g/mol. The summed E-state index contributed by atoms with van der Waals surface area (Å²) in [7, 11) is 0. The number of hydrogen-bond acceptors (Lipinski definition) is 5. The first kappa shape index (κ1) is 16.2. The van der Waals surface area contributed by atoms with E-state index in [1.165, 1.54) is 0 Å². The molecular weight excluding hydrogens is 268 g/mol. The van der Waals surface area contributed by atoms with E-state index in [-0.39, 0.29) is 0 Å². The molecule has 0 radical (unpaired) electrons. The van der Waals surface area contributed by atoms with Gasteiger partial charge in [-0.05, 0) is 0 Å². The van der Waals surface area contributed by atoms with Crippen LogP contribution in [0.3, 0.4) is 0 Å². The van der Waals surface area contributed by atoms with E-state index in [0.29, 0.717) is 13.1 Å². The van der Waals surface area contributed by atoms with Gasteiger partial charge >= 0.3 is 18.0 Å². The van der Waals surface area contributed by atoms with Crippen molar-refractivity contribution in [2.24, 2.45) is 0 Å². The van der Waals surface area contributed by atoms with E-state index in [0.717, 1.165) is 26.2 Å². The second-order valence-electron chi connectivity index (χ2n) is 4.48. The summed E-state index contributed by atoms with van der Waals surface area (Å²) in [6.45, 7) is 4.68. The number of urea groups is 1. The molecule has 1 aliphatic heterocycles. The maximum atomic E-state index is 11.5. The number of nitrogens with zero attached hydrogens (tertiary/aromatic N) is 1. The number of nitrogens with one attached hydrogen (secondary N) is 3. The van der Waals surface area contributed by atoms with E-state index in [9.17, 15) is 14.4 Å². The Morgan fingerprint density at radius 2 is 1.85 bits per heavy atom. The van der Waals surface area contributed by atoms with E-state index in [4.69, 9.17) is 10.2 Å². The third-order valence-corrected chi connectivity index (χ3v) is 2.91. The van der Waals surface area contributed by atoms with Crippen molar-refractivity contribution in [3.63, 3.8) is 0 Å². The van der Waals surface area contributed by atoms with Gasteiger partial charge in [-0.25, -0.2) is 9.59 Å². The highest BCUT2D eigenvalue weighted by Gasteiger charge is 2.22. The van der Waals surface area contributed by atoms with Gasteiger partial charge in [0.2, 0.25) is 0 Å². The fourth-order valence-electron chi connectivity index (χ4n) is 1.85. The number of carbonyl (C=O) groups is 3. The first-order valence-corrected chi connectivity index (χ1v) is 6.41. The number of carboxylic acid groups (broad SMARTS) is 2. The molecule has 0 aliphatic carbocycles. The molecule has 9 heteroatoms. The normalized spacial score (nSPS) is 17.2. The Labute approximate surface area is 116 Å². The van der Waals surface area contributed by atoms with E-state index < -0.39 is 30.4 Å². The Hall–Kier alpha value is -1.87. The molecule has 20 heavy (non-hydrogen) atoms. The highest BCUT2D eigenvalue weighted by Crippen LogP contribution is 1.93. The van der Waals surface area contributed by atoms with Crippen LogP contribution in [0.2, 0.25) is 0 Å². The molecule has 1 heterocycles. The van der Waals surface area contributed by atoms with Crippen LogP contribution in [0.1, 0.15) is 6.42 Å². The molecule has 9 nitrogen and oxygen atoms in total. The molecular formula is C11H20N4O5. The van der Waals surface area contributed by atoms with Gasteiger partial charge in [0.25, 0.3) is 0 Å². The highest BCUT2D eigenvalue weighted by atomic mass is 16.4. The summed E-state index contributed by atoms with van der Waals surface area (Å²) in [6, 6.07) is -2.10. The molecule has 0 saturated carbocycles. The summed E-state index contributed by atoms with van der Waals surface area (Å²) in [5, 5.41) is 25.2. The van der Waals surface area contributed by atoms with Gasteiger partial charge in [-0.15, -0.1) is 0 Å². The van der Waals surface area contributed by atoms with Gasteiger partial charge in [-0.2, -0.15) is 0 Å². The first-order chi connectivity index (χ1) is 9.49. The Morgan fingerprint density at radius 1 is 1.20 bits per heavy atom. The van der Waals surface area contributed by atoms with Crippen molar-refractivity contribution in [1.29, 1.82) is 0 Å². The van der Waals surface area contributed by atoms with E-state index in [1.54, 1.807) is 0 Å². The lowest BCUT2D eigenvalue weighted by Gasteiger charge is -2.27. The quantitative estimate of drug-likeness (QED) is 0.370. The predicted molar refractivity (Wildman–Crippen MR) is 69.5 cm³/mol. The molecule has 1 fully saturated rings. The molecule has 1 aliphatic rings. The number of rotatable bonds is 7. The molecule has 0 unspecified atom stereocenters. The summed E-state index contributed by atoms with van der Waals surface area (Å²) in [5.74, 6) is -2.65. The van der Waals surface area contributed by atoms with Crippen molar-refractivity contribution in [1.82, 2.24) is 20.9 Å². The average molecular weight is 288 g/mol. The third kappa shape index (κ3) is 6.34. The number of aliphatic carboxylic acids is 2. The zero-order valence-electron chi connectivity index (χ0n) is 11.1. The SMILES string of the molecule is O=C(O)C[C@@H](NC(=O)NCCN1CCNCC1)C(=O)O. The highest BCUT2D eigenvalue weighted by molar-refractivity contribution is 5.86. The maximum Gasteiger partial charge on any atom is 0.326 e. The van der Waals surface area contributed by atoms with Gasteiger partial charge in [-0.1, -0.05) is 0 Å². The van der Waals surface area contributed by atoms with Crippen LogP contribution in [0.5, 0.6) is 0 Å². The van der Waals surface area contributed by atoms with Crippen LogP contribution in [-0.4, -0.2) is 78.4 Å². The Bertz CT molecular complexity index is 357. The zero-order valence-corrected chi connectivity index (χ0v) is 11.1. The van der Waals surface area contributed by atoms with Gasteiger partial charge in [0.1, 0.15) is 6.04 Å². The molecule has 2 amide bonds. The van der Waals surface area contributed by atoms with Crippen molar-refractivity contribution < 1.29 is 24.6 Å². The topological polar surface area (TPSA) is 131 Å². The van der Waals surface area contributed by atoms with Crippen molar-refractivity contribution in [2.75, 3.05) is 39.3 Å². The minimum Gasteiger partial charge on any atom is -0.481 e. The second-order valence-corrected chi connectivity index (χ2v) is 4.48. The lowest BCUT2D eigenvalue weighted by Crippen LogP contribution is -2.50. The third-order valence-electron chi connectivity index (χ3n) is 2.91. The molecule has 1 atom stereocenters. The van der Waals surface area contributed by atoms with E-state index >= 15 is 0 Å². The summed E-state index contributed by atoms with van der Waals surface area (Å²) in [4.78, 5) is 34.9. The van der Waals surface area contributed by atoms with Crippen LogP contribution in [0.25, 0.3) is 0 Å². The summed E-state index contributed by atoms with van der Waals surface area (Å²) < 4.78 is 0. The average Bonchev–Trinajstić information content (AvgIpc) is 2.38. The Kier molecular flexibility index (Phi) is 6.74. The maximum absolute atomic E-state index is 11.5. The molecule has 0 bridgehead atoms. The Morgan fingerprint density at radius 3 is 2.40 bits per heavy atom. The number of hydrogen-bond donors (Lipinski definition) is 5. The molecule has 0 aromatic rings. The summed E-state index contributed by atoms with van der Waals surface area (Å²) in [5.41, 5.74) is 0. The molecule has 0 spiro atoms. The minimum absolute atomic E-state index is 0.380. The Balaban J connectivity index is 2.23. The molecule has 5 N–H and O–H groups in total. The summed E-state index contributed by atoms with van der Waals surface area (Å²) in [6.07, 6.45) is -0.652. The first-order valence-electron chi connectivity index (χ1n) is 6.41. The van der Waals surface area contributed by atoms with Gasteiger partial charge in [0.05, 0.1) is 6.42 Å². The minimum atomic E-state index is -1.42. The van der Waals surface area contributed by atoms with Crippen molar-refractivity contribution >= 4 is 18.0 Å². The zero-order chi connectivity index (χ0) is 15.0. The summed E-state index contributed by atoms with van der Waals surface area (Å²) >= 11 is 0. The fraction of sp³-hybridized carbons (Fsp3) is 0.727. The van der Waals surface area contributed by atoms with E-state index in [1.807, 2.05) is 0 Å². The fourth-order valence-corrected chi connectivity index (χ4v) is 1.85. The molecule has 1 saturated heterocycles. The number of piperazine rings is 1. The molecule has 0 aromatic carbocycles. The second kappa shape index (κ2) is 8.33. The molecule has 1 rings (SSSR count). The van der Waals surface area contributed by atoms with Crippen LogP contribution >= 0.6 is 0 Å². The lowest BCUT2D eigenvalue weighted by atomic mass is 10.2. The molecule has 0 aromatic heterocycles. The van der Waals surface area contributed by atoms with Crippen molar-refractivity contribution in [3.05, 3.63) is 0 Å². The van der Waals surface area contributed by atoms with Gasteiger partial charge in [-0.3, -0.25) is 9.69 Å². The predicted octanol–water partition coefficient (Wildman–Crippen LogP) is -1.88. The lowest BCUT2D eigenvalue weighted by molar-refractivity contribution is -0.145. The van der Waals surface area contributed by atoms with Crippen molar-refractivity contribution in [3.8, 4) is 0 Å². The van der Waals surface area contributed by atoms with Gasteiger partial charge in [0.15, 0.2) is 0 Å². The van der Waals surface area contributed by atoms with Crippen LogP contribution < -0.4 is 16.0 Å². The van der Waals surface area contributed by atoms with Crippen LogP contribution in [0.4, 0.5) is 4.79 Å². The molecule has 114 valence electrons. The standard InChI is InChI=1S/C11H20N4O5/c16-9(17)7-8(10(18)19)14-11(20)13-3-6-15-4-1-12-2-5-15/h8,12H,1-7H2,(H,16,17)(H,18,19)(H2,13,14,20)/t8-/m1/s1. The van der Waals surface area contributed by atoms with Crippen molar-refractivity contribution in [2.45, 2.75) is 12.5 Å². The van der Waals surface area contributed by atoms with Gasteiger partial charge < -0.3 is 26.2 Å². The largest absolute Gasteiger partial charge is 0.481 e. The van der Waals surface area contributed by atoms with Crippen LogP contribution in [-0.2, 0) is 9.59 Å². The van der Waals surface area contributed by atoms with Crippen LogP contribution in [0.15, 0.2) is 0 Å². The van der Waals surface area contributed by atoms with Gasteiger partial charge in [0, 0.05) is 39.3 Å². The number of amides is 2. The smallest absolute Gasteiger partial charge is 0.326 e. The van der Waals surface area contributed by atoms with E-state index in [2.05, 4.69) is 20.9 Å². The number of carbonyl (C=O) groups excluding carboxylic acids is 1. The van der Waals surface area contributed by atoms with Crippen LogP contribution in [0, 0.1) is 0 Å². The number of carboxylic acids is 2.